The Kier molecular flexibility index (Phi) is 4.59. The van der Waals surface area contributed by atoms with Crippen LogP contribution in [0, 0.1) is 13.8 Å². The maximum absolute atomic E-state index is 10.5. The second-order valence-corrected chi connectivity index (χ2v) is 5.57. The first-order valence-corrected chi connectivity index (χ1v) is 6.97. The highest BCUT2D eigenvalue weighted by molar-refractivity contribution is 6.42. The third kappa shape index (κ3) is 2.93. The molecule has 0 amide bonds. The zero-order chi connectivity index (χ0) is 14.9. The summed E-state index contributed by atoms with van der Waals surface area (Å²) in [6, 6.07) is 9.01. The second kappa shape index (κ2) is 6.04. The van der Waals surface area contributed by atoms with Crippen LogP contribution < -0.4 is 4.74 Å². The van der Waals surface area contributed by atoms with Crippen LogP contribution in [0.4, 0.5) is 0 Å². The highest BCUT2D eigenvalue weighted by atomic mass is 35.5. The number of rotatable bonds is 3. The number of aryl methyl sites for hydroxylation is 2. The van der Waals surface area contributed by atoms with Gasteiger partial charge in [0.15, 0.2) is 0 Å². The van der Waals surface area contributed by atoms with Crippen LogP contribution >= 0.6 is 23.2 Å². The number of benzene rings is 2. The standard InChI is InChI=1S/C16H16Cl2O2/c1-9-7-15(20-3)10(2)6-12(9)16(19)11-4-5-13(17)14(18)8-11/h4-8,16,19H,1-3H3. The lowest BCUT2D eigenvalue weighted by Crippen LogP contribution is -2.03. The Morgan fingerprint density at radius 3 is 2.30 bits per heavy atom. The number of methoxy groups -OCH3 is 1. The van der Waals surface area contributed by atoms with Gasteiger partial charge in [-0.3, -0.25) is 0 Å². The maximum atomic E-state index is 10.5. The van der Waals surface area contributed by atoms with E-state index in [1.807, 2.05) is 26.0 Å². The first-order chi connectivity index (χ1) is 9.43. The minimum Gasteiger partial charge on any atom is -0.496 e. The fraction of sp³-hybridized carbons (Fsp3) is 0.250. The maximum Gasteiger partial charge on any atom is 0.122 e. The number of halogens is 2. The van der Waals surface area contributed by atoms with E-state index in [0.29, 0.717) is 15.6 Å². The van der Waals surface area contributed by atoms with Crippen LogP contribution in [0.1, 0.15) is 28.4 Å². The molecule has 106 valence electrons. The first-order valence-electron chi connectivity index (χ1n) is 6.22. The normalized spacial score (nSPS) is 12.3. The van der Waals surface area contributed by atoms with E-state index >= 15 is 0 Å². The molecule has 0 saturated heterocycles. The smallest absolute Gasteiger partial charge is 0.122 e. The average Bonchev–Trinajstić information content (AvgIpc) is 2.43. The van der Waals surface area contributed by atoms with Crippen molar-refractivity contribution in [3.8, 4) is 5.75 Å². The zero-order valence-electron chi connectivity index (χ0n) is 11.6. The molecule has 0 aliphatic heterocycles. The molecule has 4 heteroatoms. The molecule has 0 aliphatic carbocycles. The first kappa shape index (κ1) is 15.2. The average molecular weight is 311 g/mol. The lowest BCUT2D eigenvalue weighted by Gasteiger charge is -2.17. The van der Waals surface area contributed by atoms with Gasteiger partial charge in [0.25, 0.3) is 0 Å². The molecular weight excluding hydrogens is 295 g/mol. The van der Waals surface area contributed by atoms with Gasteiger partial charge in [-0.1, -0.05) is 29.3 Å². The van der Waals surface area contributed by atoms with E-state index in [-0.39, 0.29) is 0 Å². The Bertz CT molecular complexity index is 639. The van der Waals surface area contributed by atoms with E-state index in [4.69, 9.17) is 27.9 Å². The van der Waals surface area contributed by atoms with Gasteiger partial charge in [0.1, 0.15) is 11.9 Å². The topological polar surface area (TPSA) is 29.5 Å². The SMILES string of the molecule is COc1cc(C)c(C(O)c2ccc(Cl)c(Cl)c2)cc1C. The number of hydrogen-bond donors (Lipinski definition) is 1. The molecule has 0 aliphatic rings. The Morgan fingerprint density at radius 1 is 1.00 bits per heavy atom. The van der Waals surface area contributed by atoms with Crippen LogP contribution in [0.25, 0.3) is 0 Å². The van der Waals surface area contributed by atoms with Crippen molar-refractivity contribution in [3.63, 3.8) is 0 Å². The third-order valence-electron chi connectivity index (χ3n) is 3.34. The van der Waals surface area contributed by atoms with Gasteiger partial charge in [-0.2, -0.15) is 0 Å². The Labute approximate surface area is 128 Å². The molecule has 0 saturated carbocycles. The summed E-state index contributed by atoms with van der Waals surface area (Å²) in [6.45, 7) is 3.89. The molecule has 0 fully saturated rings. The molecule has 0 radical (unpaired) electrons. The number of aliphatic hydroxyl groups is 1. The van der Waals surface area contributed by atoms with Gasteiger partial charge < -0.3 is 9.84 Å². The third-order valence-corrected chi connectivity index (χ3v) is 4.08. The molecule has 0 heterocycles. The Morgan fingerprint density at radius 2 is 1.70 bits per heavy atom. The summed E-state index contributed by atoms with van der Waals surface area (Å²) >= 11 is 11.9. The highest BCUT2D eigenvalue weighted by Crippen LogP contribution is 2.32. The number of ether oxygens (including phenoxy) is 1. The minimum atomic E-state index is -0.741. The fourth-order valence-electron chi connectivity index (χ4n) is 2.19. The second-order valence-electron chi connectivity index (χ2n) is 4.75. The van der Waals surface area contributed by atoms with Crippen molar-refractivity contribution in [3.05, 3.63) is 62.6 Å². The van der Waals surface area contributed by atoms with Crippen molar-refractivity contribution in [2.45, 2.75) is 20.0 Å². The van der Waals surface area contributed by atoms with Crippen molar-refractivity contribution in [2.24, 2.45) is 0 Å². The van der Waals surface area contributed by atoms with Crippen LogP contribution in [-0.4, -0.2) is 12.2 Å². The van der Waals surface area contributed by atoms with Crippen LogP contribution in [0.5, 0.6) is 5.75 Å². The molecule has 0 spiro atoms. The predicted molar refractivity (Wildman–Crippen MR) is 83.0 cm³/mol. The van der Waals surface area contributed by atoms with Crippen LogP contribution in [0.2, 0.25) is 10.0 Å². The van der Waals surface area contributed by atoms with Crippen molar-refractivity contribution >= 4 is 23.2 Å². The van der Waals surface area contributed by atoms with Gasteiger partial charge in [0, 0.05) is 0 Å². The molecule has 1 atom stereocenters. The molecule has 1 N–H and O–H groups in total. The summed E-state index contributed by atoms with van der Waals surface area (Å²) in [5.74, 6) is 0.813. The molecule has 0 bridgehead atoms. The van der Waals surface area contributed by atoms with E-state index < -0.39 is 6.10 Å². The molecule has 20 heavy (non-hydrogen) atoms. The van der Waals surface area contributed by atoms with E-state index in [9.17, 15) is 5.11 Å². The quantitative estimate of drug-likeness (QED) is 0.890. The molecule has 2 rings (SSSR count). The Hall–Kier alpha value is -1.22. The van der Waals surface area contributed by atoms with Gasteiger partial charge in [0.05, 0.1) is 17.2 Å². The van der Waals surface area contributed by atoms with Crippen molar-refractivity contribution in [2.75, 3.05) is 7.11 Å². The lowest BCUT2D eigenvalue weighted by atomic mass is 9.95. The lowest BCUT2D eigenvalue weighted by molar-refractivity contribution is 0.219. The van der Waals surface area contributed by atoms with Crippen LogP contribution in [-0.2, 0) is 0 Å². The summed E-state index contributed by atoms with van der Waals surface area (Å²) in [4.78, 5) is 0. The van der Waals surface area contributed by atoms with Gasteiger partial charge in [0.2, 0.25) is 0 Å². The summed E-state index contributed by atoms with van der Waals surface area (Å²) in [5.41, 5.74) is 3.49. The minimum absolute atomic E-state index is 0.436. The monoisotopic (exact) mass is 310 g/mol. The number of aliphatic hydroxyl groups excluding tert-OH is 1. The molecule has 2 aromatic rings. The van der Waals surface area contributed by atoms with Crippen LogP contribution in [0.15, 0.2) is 30.3 Å². The van der Waals surface area contributed by atoms with Crippen molar-refractivity contribution < 1.29 is 9.84 Å². The van der Waals surface area contributed by atoms with E-state index in [2.05, 4.69) is 0 Å². The van der Waals surface area contributed by atoms with Gasteiger partial charge in [-0.05, 0) is 60.4 Å². The van der Waals surface area contributed by atoms with E-state index in [1.54, 1.807) is 25.3 Å². The van der Waals surface area contributed by atoms with E-state index in [0.717, 1.165) is 22.4 Å². The highest BCUT2D eigenvalue weighted by Gasteiger charge is 2.16. The Balaban J connectivity index is 2.45. The summed E-state index contributed by atoms with van der Waals surface area (Å²) in [6.07, 6.45) is -0.741. The molecular formula is C16H16Cl2O2. The molecule has 0 aromatic heterocycles. The van der Waals surface area contributed by atoms with Gasteiger partial charge >= 0.3 is 0 Å². The number of hydrogen-bond acceptors (Lipinski definition) is 2. The van der Waals surface area contributed by atoms with E-state index in [1.165, 1.54) is 0 Å². The molecule has 2 nitrogen and oxygen atoms in total. The largest absolute Gasteiger partial charge is 0.496 e. The molecule has 1 unspecified atom stereocenters. The van der Waals surface area contributed by atoms with Gasteiger partial charge in [-0.15, -0.1) is 0 Å². The zero-order valence-corrected chi connectivity index (χ0v) is 13.1. The van der Waals surface area contributed by atoms with Crippen LogP contribution in [0.3, 0.4) is 0 Å². The van der Waals surface area contributed by atoms with Crippen molar-refractivity contribution in [1.29, 1.82) is 0 Å². The van der Waals surface area contributed by atoms with Gasteiger partial charge in [-0.25, -0.2) is 0 Å². The van der Waals surface area contributed by atoms with Crippen molar-refractivity contribution in [1.82, 2.24) is 0 Å². The summed E-state index contributed by atoms with van der Waals surface area (Å²) in [7, 11) is 1.64. The summed E-state index contributed by atoms with van der Waals surface area (Å²) < 4.78 is 5.28. The summed E-state index contributed by atoms with van der Waals surface area (Å²) in [5, 5.41) is 11.4. The molecule has 2 aromatic carbocycles. The fourth-order valence-corrected chi connectivity index (χ4v) is 2.50. The predicted octanol–water partition coefficient (Wildman–Crippen LogP) is 4.70.